The molecule has 0 aromatic carbocycles. The van der Waals surface area contributed by atoms with Gasteiger partial charge < -0.3 is 10.5 Å². The molecule has 2 N–H and O–H groups in total. The lowest BCUT2D eigenvalue weighted by molar-refractivity contribution is 0.267. The highest BCUT2D eigenvalue weighted by atomic mass is 32.2. The molecule has 3 nitrogen and oxygen atoms in total. The first-order valence-corrected chi connectivity index (χ1v) is 4.51. The molecule has 1 heterocycles. The predicted molar refractivity (Wildman–Crippen MR) is 48.7 cm³/mol. The molecule has 12 heavy (non-hydrogen) atoms. The summed E-state index contributed by atoms with van der Waals surface area (Å²) >= 11 is 1.45. The average molecular weight is 182 g/mol. The van der Waals surface area contributed by atoms with E-state index in [1.54, 1.807) is 11.7 Å². The van der Waals surface area contributed by atoms with Crippen LogP contribution in [0.1, 0.15) is 6.92 Å². The van der Waals surface area contributed by atoms with E-state index in [9.17, 15) is 0 Å². The van der Waals surface area contributed by atoms with Crippen molar-refractivity contribution < 1.29 is 4.74 Å². The van der Waals surface area contributed by atoms with Crippen LogP contribution in [0.2, 0.25) is 0 Å². The lowest BCUT2D eigenvalue weighted by atomic mass is 10.1. The monoisotopic (exact) mass is 182 g/mol. The number of ether oxygens (including phenoxy) is 1. The largest absolute Gasteiger partial charge is 0.501 e. The zero-order chi connectivity index (χ0) is 8.97. The van der Waals surface area contributed by atoms with Crippen LogP contribution >= 0.6 is 11.8 Å². The molecule has 0 aromatic rings. The molecule has 0 saturated heterocycles. The minimum absolute atomic E-state index is 0.304. The Morgan fingerprint density at radius 1 is 1.92 bits per heavy atom. The normalized spacial score (nSPS) is 25.2. The summed E-state index contributed by atoms with van der Waals surface area (Å²) < 4.78 is 5.07. The number of nitriles is 1. The van der Waals surface area contributed by atoms with Crippen molar-refractivity contribution in [2.75, 3.05) is 6.61 Å². The average Bonchev–Trinajstić information content (AvgIpc) is 2.43. The molecule has 0 radical (unpaired) electrons. The minimum atomic E-state index is -0.304. The molecule has 0 aliphatic carbocycles. The first kappa shape index (κ1) is 9.01. The SMILES string of the molecule is CCOC=C1SC=C(N)C1C#N. The number of allylic oxidation sites excluding steroid dienone is 1. The molecule has 1 unspecified atom stereocenters. The van der Waals surface area contributed by atoms with E-state index < -0.39 is 0 Å². The van der Waals surface area contributed by atoms with Gasteiger partial charge in [0.25, 0.3) is 0 Å². The number of hydrogen-bond acceptors (Lipinski definition) is 4. The third-order valence-corrected chi connectivity index (χ3v) is 2.44. The zero-order valence-corrected chi connectivity index (χ0v) is 7.60. The number of nitrogens with two attached hydrogens (primary N) is 1. The standard InChI is InChI=1S/C8H10N2OS/c1-2-11-4-8-6(3-9)7(10)5-12-8/h4-6H,2,10H2,1H3. The Hall–Kier alpha value is -1.08. The van der Waals surface area contributed by atoms with Gasteiger partial charge in [0.1, 0.15) is 5.92 Å². The summed E-state index contributed by atoms with van der Waals surface area (Å²) in [4.78, 5) is 0.872. The third-order valence-electron chi connectivity index (χ3n) is 1.44. The second kappa shape index (κ2) is 4.07. The highest BCUT2D eigenvalue weighted by Gasteiger charge is 2.22. The van der Waals surface area contributed by atoms with Gasteiger partial charge in [0, 0.05) is 10.6 Å². The van der Waals surface area contributed by atoms with Gasteiger partial charge in [-0.2, -0.15) is 5.26 Å². The second-order valence-corrected chi connectivity index (χ2v) is 3.22. The van der Waals surface area contributed by atoms with E-state index in [2.05, 4.69) is 6.07 Å². The molecular weight excluding hydrogens is 172 g/mol. The summed E-state index contributed by atoms with van der Waals surface area (Å²) in [7, 11) is 0. The Balaban J connectivity index is 2.67. The molecule has 0 aromatic heterocycles. The highest BCUT2D eigenvalue weighted by Crippen LogP contribution is 2.36. The lowest BCUT2D eigenvalue weighted by Crippen LogP contribution is -2.06. The van der Waals surface area contributed by atoms with E-state index in [1.807, 2.05) is 6.92 Å². The first-order chi connectivity index (χ1) is 5.79. The molecular formula is C8H10N2OS. The number of rotatable bonds is 2. The van der Waals surface area contributed by atoms with Crippen LogP contribution in [0, 0.1) is 17.2 Å². The molecule has 0 bridgehead atoms. The smallest absolute Gasteiger partial charge is 0.120 e. The van der Waals surface area contributed by atoms with Gasteiger partial charge in [-0.05, 0) is 12.3 Å². The van der Waals surface area contributed by atoms with E-state index >= 15 is 0 Å². The van der Waals surface area contributed by atoms with E-state index in [0.717, 1.165) is 4.91 Å². The van der Waals surface area contributed by atoms with Gasteiger partial charge in [0.05, 0.1) is 18.9 Å². The van der Waals surface area contributed by atoms with Gasteiger partial charge in [0.15, 0.2) is 0 Å². The van der Waals surface area contributed by atoms with Crippen LogP contribution in [0.3, 0.4) is 0 Å². The maximum absolute atomic E-state index is 8.73. The Labute approximate surface area is 75.9 Å². The van der Waals surface area contributed by atoms with Crippen molar-refractivity contribution in [2.24, 2.45) is 11.7 Å². The topological polar surface area (TPSA) is 59.0 Å². The van der Waals surface area contributed by atoms with Gasteiger partial charge >= 0.3 is 0 Å². The van der Waals surface area contributed by atoms with Crippen LogP contribution in [0.15, 0.2) is 22.3 Å². The summed E-state index contributed by atoms with van der Waals surface area (Å²) in [6.07, 6.45) is 1.61. The molecule has 1 atom stereocenters. The summed E-state index contributed by atoms with van der Waals surface area (Å²) in [6, 6.07) is 2.11. The van der Waals surface area contributed by atoms with Crippen LogP contribution in [0.5, 0.6) is 0 Å². The Bertz CT molecular complexity index is 265. The van der Waals surface area contributed by atoms with Gasteiger partial charge in [0.2, 0.25) is 0 Å². The van der Waals surface area contributed by atoms with Gasteiger partial charge in [-0.15, -0.1) is 0 Å². The Morgan fingerprint density at radius 3 is 3.25 bits per heavy atom. The molecule has 1 aliphatic rings. The molecule has 4 heteroatoms. The van der Waals surface area contributed by atoms with Crippen LogP contribution in [-0.4, -0.2) is 6.61 Å². The molecule has 1 rings (SSSR count). The zero-order valence-electron chi connectivity index (χ0n) is 6.78. The third kappa shape index (κ3) is 1.74. The van der Waals surface area contributed by atoms with Crippen LogP contribution in [-0.2, 0) is 4.74 Å². The predicted octanol–water partition coefficient (Wildman–Crippen LogP) is 1.55. The number of thioether (sulfide) groups is 1. The first-order valence-electron chi connectivity index (χ1n) is 3.63. The van der Waals surface area contributed by atoms with Crippen molar-refractivity contribution in [3.63, 3.8) is 0 Å². The van der Waals surface area contributed by atoms with E-state index in [-0.39, 0.29) is 5.92 Å². The quantitative estimate of drug-likeness (QED) is 0.658. The van der Waals surface area contributed by atoms with Gasteiger partial charge in [-0.3, -0.25) is 0 Å². The maximum atomic E-state index is 8.73. The van der Waals surface area contributed by atoms with E-state index in [4.69, 9.17) is 15.7 Å². The van der Waals surface area contributed by atoms with E-state index in [0.29, 0.717) is 12.3 Å². The number of hydrogen-bond donors (Lipinski definition) is 1. The van der Waals surface area contributed by atoms with Crippen molar-refractivity contribution >= 4 is 11.8 Å². The van der Waals surface area contributed by atoms with Crippen molar-refractivity contribution in [1.82, 2.24) is 0 Å². The van der Waals surface area contributed by atoms with Crippen LogP contribution in [0.25, 0.3) is 0 Å². The van der Waals surface area contributed by atoms with Crippen molar-refractivity contribution in [3.05, 3.63) is 22.3 Å². The van der Waals surface area contributed by atoms with Gasteiger partial charge in [-0.25, -0.2) is 0 Å². The fraction of sp³-hybridized carbons (Fsp3) is 0.375. The fourth-order valence-electron chi connectivity index (χ4n) is 0.836. The molecule has 1 aliphatic heterocycles. The van der Waals surface area contributed by atoms with Crippen LogP contribution < -0.4 is 5.73 Å². The maximum Gasteiger partial charge on any atom is 0.120 e. The fourth-order valence-corrected chi connectivity index (χ4v) is 1.69. The second-order valence-electron chi connectivity index (χ2n) is 2.27. The summed E-state index contributed by atoms with van der Waals surface area (Å²) in [5.74, 6) is -0.304. The minimum Gasteiger partial charge on any atom is -0.501 e. The Morgan fingerprint density at radius 2 is 2.67 bits per heavy atom. The molecule has 0 saturated carbocycles. The van der Waals surface area contributed by atoms with Crippen molar-refractivity contribution in [1.29, 1.82) is 5.26 Å². The summed E-state index contributed by atoms with van der Waals surface area (Å²) in [6.45, 7) is 2.51. The van der Waals surface area contributed by atoms with E-state index in [1.165, 1.54) is 11.8 Å². The number of nitrogens with zero attached hydrogens (tertiary/aromatic N) is 1. The lowest BCUT2D eigenvalue weighted by Gasteiger charge is -2.03. The summed E-state index contributed by atoms with van der Waals surface area (Å²) in [5, 5.41) is 10.5. The van der Waals surface area contributed by atoms with Crippen LogP contribution in [0.4, 0.5) is 0 Å². The molecule has 0 amide bonds. The van der Waals surface area contributed by atoms with Gasteiger partial charge in [-0.1, -0.05) is 11.8 Å². The summed E-state index contributed by atoms with van der Waals surface area (Å²) in [5.41, 5.74) is 6.18. The van der Waals surface area contributed by atoms with Crippen molar-refractivity contribution in [3.8, 4) is 6.07 Å². The highest BCUT2D eigenvalue weighted by molar-refractivity contribution is 8.06. The van der Waals surface area contributed by atoms with Crippen molar-refractivity contribution in [2.45, 2.75) is 6.92 Å². The molecule has 0 fully saturated rings. The Kier molecular flexibility index (Phi) is 3.06. The molecule has 0 spiro atoms. The molecule has 64 valence electrons.